The van der Waals surface area contributed by atoms with Crippen LogP contribution in [0.3, 0.4) is 0 Å². The van der Waals surface area contributed by atoms with Crippen LogP contribution < -0.4 is 4.72 Å². The Kier molecular flexibility index (Phi) is 2.64. The Labute approximate surface area is 114 Å². The first kappa shape index (κ1) is 9.99. The van der Waals surface area contributed by atoms with E-state index >= 15 is 0 Å². The first-order chi connectivity index (χ1) is 10.1. The van der Waals surface area contributed by atoms with Crippen molar-refractivity contribution in [2.45, 2.75) is 12.2 Å². The number of benzene rings is 1. The standard InChI is InChI=1S/C12H14N2O4S/c1-13-19(17,18)7-8-2-3-11-10(4-8)9(6-14-11)5-12(15)16/h2-4,6,13-14H,5,7H2,1H3,(H,15,16)/i1D3. The Morgan fingerprint density at radius 1 is 1.53 bits per heavy atom. The van der Waals surface area contributed by atoms with Crippen LogP contribution in [-0.2, 0) is 27.0 Å². The molecule has 0 atom stereocenters. The van der Waals surface area contributed by atoms with Crippen molar-refractivity contribution in [1.29, 1.82) is 0 Å². The third-order valence-electron chi connectivity index (χ3n) is 2.69. The van der Waals surface area contributed by atoms with E-state index in [9.17, 15) is 13.2 Å². The van der Waals surface area contributed by atoms with Crippen LogP contribution in [0.1, 0.15) is 15.2 Å². The predicted molar refractivity (Wildman–Crippen MR) is 71.3 cm³/mol. The van der Waals surface area contributed by atoms with Crippen molar-refractivity contribution in [2.24, 2.45) is 0 Å². The van der Waals surface area contributed by atoms with E-state index in [1.54, 1.807) is 29.1 Å². The Hall–Kier alpha value is -1.86. The van der Waals surface area contributed by atoms with Crippen molar-refractivity contribution < 1.29 is 22.4 Å². The number of fused-ring (bicyclic) bond motifs is 1. The van der Waals surface area contributed by atoms with Gasteiger partial charge in [0.1, 0.15) is 0 Å². The average molecular weight is 285 g/mol. The van der Waals surface area contributed by atoms with Gasteiger partial charge in [-0.15, -0.1) is 0 Å². The molecule has 0 saturated heterocycles. The zero-order valence-electron chi connectivity index (χ0n) is 12.8. The number of aromatic nitrogens is 1. The van der Waals surface area contributed by atoms with Gasteiger partial charge >= 0.3 is 5.97 Å². The first-order valence-electron chi connectivity index (χ1n) is 6.88. The van der Waals surface area contributed by atoms with Crippen LogP contribution in [0.15, 0.2) is 24.4 Å². The molecule has 0 fully saturated rings. The van der Waals surface area contributed by atoms with Gasteiger partial charge in [0, 0.05) is 21.2 Å². The molecular formula is C12H14N2O4S. The third-order valence-corrected chi connectivity index (χ3v) is 3.71. The van der Waals surface area contributed by atoms with Crippen molar-refractivity contribution in [2.75, 3.05) is 6.98 Å². The van der Waals surface area contributed by atoms with Crippen LogP contribution in [0, 0.1) is 0 Å². The maximum atomic E-state index is 11.8. The molecule has 0 amide bonds. The molecule has 19 heavy (non-hydrogen) atoms. The Balaban J connectivity index is 2.31. The van der Waals surface area contributed by atoms with Crippen LogP contribution in [0.5, 0.6) is 0 Å². The van der Waals surface area contributed by atoms with Gasteiger partial charge in [-0.2, -0.15) is 0 Å². The van der Waals surface area contributed by atoms with Gasteiger partial charge in [0.2, 0.25) is 10.0 Å². The number of hydrogen-bond acceptors (Lipinski definition) is 3. The summed E-state index contributed by atoms with van der Waals surface area (Å²) in [6, 6.07) is 4.71. The summed E-state index contributed by atoms with van der Waals surface area (Å²) in [6.45, 7) is -2.79. The van der Waals surface area contributed by atoms with Crippen LogP contribution in [0.2, 0.25) is 0 Å². The van der Waals surface area contributed by atoms with E-state index in [2.05, 4.69) is 4.98 Å². The SMILES string of the molecule is [2H]C([2H])([2H])NS(=O)(=O)Cc1ccc2[nH]cc(CC(=O)O)c2c1. The highest BCUT2D eigenvalue weighted by molar-refractivity contribution is 7.88. The zero-order valence-corrected chi connectivity index (χ0v) is 10.6. The Morgan fingerprint density at radius 2 is 2.32 bits per heavy atom. The number of aromatic amines is 1. The molecule has 102 valence electrons. The van der Waals surface area contributed by atoms with Crippen molar-refractivity contribution in [3.63, 3.8) is 0 Å². The molecular weight excluding hydrogens is 268 g/mol. The van der Waals surface area contributed by atoms with E-state index in [0.717, 1.165) is 0 Å². The summed E-state index contributed by atoms with van der Waals surface area (Å²) < 4.78 is 46.0. The topological polar surface area (TPSA) is 99.3 Å². The smallest absolute Gasteiger partial charge is 0.307 e. The third kappa shape index (κ3) is 3.12. The summed E-state index contributed by atoms with van der Waals surface area (Å²) in [5, 5.41) is 9.45. The van der Waals surface area contributed by atoms with E-state index in [1.807, 2.05) is 0 Å². The molecule has 1 heterocycles. The molecule has 0 radical (unpaired) electrons. The largest absolute Gasteiger partial charge is 0.481 e. The van der Waals surface area contributed by atoms with Gasteiger partial charge in [-0.3, -0.25) is 4.79 Å². The summed E-state index contributed by atoms with van der Waals surface area (Å²) >= 11 is 0. The Bertz CT molecular complexity index is 811. The van der Waals surface area contributed by atoms with Gasteiger partial charge in [-0.25, -0.2) is 13.1 Å². The summed E-state index contributed by atoms with van der Waals surface area (Å²) in [5.74, 6) is -1.50. The lowest BCUT2D eigenvalue weighted by Crippen LogP contribution is -2.20. The summed E-state index contributed by atoms with van der Waals surface area (Å²) in [7, 11) is -4.02. The monoisotopic (exact) mass is 285 g/mol. The van der Waals surface area contributed by atoms with Crippen molar-refractivity contribution in [3.8, 4) is 0 Å². The summed E-state index contributed by atoms with van der Waals surface area (Å²) in [6.07, 6.45) is 1.36. The quantitative estimate of drug-likeness (QED) is 0.758. The van der Waals surface area contributed by atoms with E-state index in [-0.39, 0.29) is 6.42 Å². The molecule has 0 spiro atoms. The first-order valence-corrected chi connectivity index (χ1v) is 7.03. The molecule has 0 aliphatic carbocycles. The second kappa shape index (κ2) is 5.02. The highest BCUT2D eigenvalue weighted by Crippen LogP contribution is 2.21. The highest BCUT2D eigenvalue weighted by Gasteiger charge is 2.12. The molecule has 1 aromatic heterocycles. The molecule has 0 aliphatic rings. The van der Waals surface area contributed by atoms with Crippen LogP contribution in [0.4, 0.5) is 0 Å². The molecule has 0 aliphatic heterocycles. The normalized spacial score (nSPS) is 14.8. The van der Waals surface area contributed by atoms with Crippen LogP contribution in [-0.4, -0.2) is 31.5 Å². The molecule has 2 aromatic rings. The minimum Gasteiger partial charge on any atom is -0.481 e. The molecule has 0 unspecified atom stereocenters. The summed E-state index contributed by atoms with van der Waals surface area (Å²) in [5.41, 5.74) is 1.59. The number of aliphatic carboxylic acids is 1. The van der Waals surface area contributed by atoms with Gasteiger partial charge in [0.05, 0.1) is 12.2 Å². The lowest BCUT2D eigenvalue weighted by atomic mass is 10.1. The van der Waals surface area contributed by atoms with E-state index < -0.39 is 28.7 Å². The molecule has 1 aromatic carbocycles. The fourth-order valence-corrected chi connectivity index (χ4v) is 2.57. The average Bonchev–Trinajstić information content (AvgIpc) is 2.67. The molecule has 0 bridgehead atoms. The van der Waals surface area contributed by atoms with Gasteiger partial charge in [-0.1, -0.05) is 6.07 Å². The van der Waals surface area contributed by atoms with Gasteiger partial charge in [-0.05, 0) is 30.2 Å². The van der Waals surface area contributed by atoms with E-state index in [0.29, 0.717) is 22.0 Å². The van der Waals surface area contributed by atoms with Crippen LogP contribution in [0.25, 0.3) is 10.9 Å². The van der Waals surface area contributed by atoms with E-state index in [4.69, 9.17) is 9.22 Å². The minimum absolute atomic E-state index is 0.191. The number of rotatable bonds is 5. The van der Waals surface area contributed by atoms with Gasteiger partial charge in [0.25, 0.3) is 0 Å². The number of carboxylic acids is 1. The Morgan fingerprint density at radius 3 is 3.00 bits per heavy atom. The summed E-state index contributed by atoms with van der Waals surface area (Å²) in [4.78, 5) is 13.7. The zero-order chi connectivity index (χ0) is 16.5. The molecule has 0 saturated carbocycles. The predicted octanol–water partition coefficient (Wildman–Crippen LogP) is 0.844. The number of hydrogen-bond donors (Lipinski definition) is 3. The lowest BCUT2D eigenvalue weighted by Gasteiger charge is -2.03. The molecule has 6 nitrogen and oxygen atoms in total. The minimum atomic E-state index is -4.02. The second-order valence-electron chi connectivity index (χ2n) is 4.13. The van der Waals surface area contributed by atoms with Crippen molar-refractivity contribution in [1.82, 2.24) is 9.71 Å². The number of carboxylic acid groups (broad SMARTS) is 1. The number of sulfonamides is 1. The maximum Gasteiger partial charge on any atom is 0.307 e. The lowest BCUT2D eigenvalue weighted by molar-refractivity contribution is -0.136. The number of nitrogens with one attached hydrogen (secondary N) is 2. The van der Waals surface area contributed by atoms with Crippen molar-refractivity contribution >= 4 is 26.9 Å². The maximum absolute atomic E-state index is 11.8. The van der Waals surface area contributed by atoms with Crippen molar-refractivity contribution in [3.05, 3.63) is 35.5 Å². The van der Waals surface area contributed by atoms with E-state index in [1.165, 1.54) is 0 Å². The molecule has 7 heteroatoms. The van der Waals surface area contributed by atoms with Crippen LogP contribution >= 0.6 is 0 Å². The fraction of sp³-hybridized carbons (Fsp3) is 0.250. The van der Waals surface area contributed by atoms with Gasteiger partial charge in [0.15, 0.2) is 0 Å². The molecule has 3 N–H and O–H groups in total. The van der Waals surface area contributed by atoms with Gasteiger partial charge < -0.3 is 10.1 Å². The number of H-pyrrole nitrogens is 1. The number of carbonyl (C=O) groups is 1. The highest BCUT2D eigenvalue weighted by atomic mass is 32.2. The second-order valence-corrected chi connectivity index (χ2v) is 5.85. The fourth-order valence-electron chi connectivity index (χ4n) is 1.88. The molecule has 2 rings (SSSR count).